The molecule has 0 aromatic carbocycles. The Morgan fingerprint density at radius 1 is 1.17 bits per heavy atom. The maximum atomic E-state index is 13.7. The summed E-state index contributed by atoms with van der Waals surface area (Å²) in [6.07, 6.45) is 5.07. The molecule has 0 radical (unpaired) electrons. The SMILES string of the molecule is CC1(C)CN(C(=O)c2cc(OC3CCN([C@H]4C[C@](CC#N)(n5cc(-c6ncnc7[nH]ccc67)cn5)C4)CC3)nc(C(F)(F)F)c2)C1. The van der Waals surface area contributed by atoms with Crippen molar-refractivity contribution in [2.75, 3.05) is 26.2 Å². The molecule has 4 aromatic rings. The summed E-state index contributed by atoms with van der Waals surface area (Å²) in [4.78, 5) is 32.4. The number of aromatic amines is 1. The first-order valence-corrected chi connectivity index (χ1v) is 15.4. The predicted molar refractivity (Wildman–Crippen MR) is 160 cm³/mol. The van der Waals surface area contributed by atoms with Gasteiger partial charge < -0.3 is 14.6 Å². The molecule has 46 heavy (non-hydrogen) atoms. The van der Waals surface area contributed by atoms with Crippen molar-refractivity contribution >= 4 is 16.9 Å². The summed E-state index contributed by atoms with van der Waals surface area (Å²) in [6.45, 7) is 6.38. The maximum absolute atomic E-state index is 13.7. The van der Waals surface area contributed by atoms with Gasteiger partial charge in [0.2, 0.25) is 5.88 Å². The number of H-pyrrole nitrogens is 1. The van der Waals surface area contributed by atoms with Gasteiger partial charge in [-0.15, -0.1) is 0 Å². The lowest BCUT2D eigenvalue weighted by atomic mass is 9.69. The van der Waals surface area contributed by atoms with Crippen LogP contribution in [0.1, 0.15) is 62.0 Å². The van der Waals surface area contributed by atoms with Gasteiger partial charge in [-0.05, 0) is 43.2 Å². The first-order valence-electron chi connectivity index (χ1n) is 15.4. The first kappa shape index (κ1) is 30.2. The van der Waals surface area contributed by atoms with Gasteiger partial charge in [0.15, 0.2) is 0 Å². The number of hydrogen-bond donors (Lipinski definition) is 1. The van der Waals surface area contributed by atoms with Gasteiger partial charge in [-0.1, -0.05) is 13.8 Å². The van der Waals surface area contributed by atoms with E-state index in [9.17, 15) is 23.2 Å². The quantitative estimate of drug-likeness (QED) is 0.300. The van der Waals surface area contributed by atoms with Crippen molar-refractivity contribution in [1.29, 1.82) is 5.26 Å². The first-order chi connectivity index (χ1) is 21.9. The van der Waals surface area contributed by atoms with Crippen molar-refractivity contribution in [2.24, 2.45) is 5.41 Å². The number of nitrogens with zero attached hydrogens (tertiary/aromatic N) is 8. The van der Waals surface area contributed by atoms with Crippen molar-refractivity contribution < 1.29 is 22.7 Å². The average Bonchev–Trinajstić information content (AvgIpc) is 3.68. The Kier molecular flexibility index (Phi) is 7.26. The number of aromatic nitrogens is 6. The van der Waals surface area contributed by atoms with E-state index in [-0.39, 0.29) is 29.0 Å². The van der Waals surface area contributed by atoms with E-state index < -0.39 is 23.3 Å². The van der Waals surface area contributed by atoms with Gasteiger partial charge in [-0.25, -0.2) is 15.0 Å². The Balaban J connectivity index is 0.991. The summed E-state index contributed by atoms with van der Waals surface area (Å²) in [5, 5.41) is 15.2. The second kappa shape index (κ2) is 11.1. The Bertz CT molecular complexity index is 1800. The molecule has 14 heteroatoms. The van der Waals surface area contributed by atoms with Gasteiger partial charge in [-0.3, -0.25) is 14.4 Å². The van der Waals surface area contributed by atoms with Crippen molar-refractivity contribution in [3.63, 3.8) is 0 Å². The number of fused-ring (bicyclic) bond motifs is 1. The average molecular weight is 634 g/mol. The second-order valence-electron chi connectivity index (χ2n) is 13.5. The molecule has 6 heterocycles. The predicted octanol–water partition coefficient (Wildman–Crippen LogP) is 5.03. The number of amides is 1. The van der Waals surface area contributed by atoms with Crippen molar-refractivity contribution in [3.05, 3.63) is 54.4 Å². The van der Waals surface area contributed by atoms with Crippen LogP contribution in [0.25, 0.3) is 22.3 Å². The molecule has 4 aromatic heterocycles. The fourth-order valence-electron chi connectivity index (χ4n) is 7.12. The van der Waals surface area contributed by atoms with Crippen LogP contribution in [0.4, 0.5) is 13.2 Å². The molecule has 1 amide bonds. The fourth-order valence-corrected chi connectivity index (χ4v) is 7.12. The molecule has 1 N–H and O–H groups in total. The highest BCUT2D eigenvalue weighted by atomic mass is 19.4. The normalized spacial score (nSPS) is 23.5. The van der Waals surface area contributed by atoms with Crippen LogP contribution in [0, 0.1) is 16.7 Å². The molecule has 1 aliphatic carbocycles. The van der Waals surface area contributed by atoms with E-state index in [0.29, 0.717) is 45.4 Å². The Labute approximate surface area is 263 Å². The van der Waals surface area contributed by atoms with Crippen LogP contribution >= 0.6 is 0 Å². The second-order valence-corrected chi connectivity index (χ2v) is 13.5. The van der Waals surface area contributed by atoms with Crippen LogP contribution in [0.5, 0.6) is 5.88 Å². The summed E-state index contributed by atoms with van der Waals surface area (Å²) < 4.78 is 48.9. The number of likely N-dealkylation sites (tertiary alicyclic amines) is 2. The number of pyridine rings is 1. The van der Waals surface area contributed by atoms with E-state index in [1.165, 1.54) is 12.4 Å². The zero-order valence-electron chi connectivity index (χ0n) is 25.6. The summed E-state index contributed by atoms with van der Waals surface area (Å²) in [7, 11) is 0. The van der Waals surface area contributed by atoms with Gasteiger partial charge in [0.1, 0.15) is 23.8 Å². The zero-order valence-corrected chi connectivity index (χ0v) is 25.6. The number of halogens is 3. The number of hydrogen-bond acceptors (Lipinski definition) is 8. The molecule has 7 rings (SSSR count). The number of carbonyl (C=O) groups excluding carboxylic acids is 1. The van der Waals surface area contributed by atoms with Crippen molar-refractivity contribution in [3.8, 4) is 23.2 Å². The number of ether oxygens (including phenoxy) is 1. The van der Waals surface area contributed by atoms with Crippen LogP contribution in [-0.4, -0.2) is 83.7 Å². The van der Waals surface area contributed by atoms with E-state index in [2.05, 4.69) is 36.0 Å². The van der Waals surface area contributed by atoms with Crippen LogP contribution in [0.15, 0.2) is 43.1 Å². The Morgan fingerprint density at radius 3 is 2.63 bits per heavy atom. The molecular weight excluding hydrogens is 599 g/mol. The lowest BCUT2D eigenvalue weighted by Gasteiger charge is -2.52. The lowest BCUT2D eigenvalue weighted by molar-refractivity contribution is -0.141. The molecule has 240 valence electrons. The smallest absolute Gasteiger partial charge is 0.433 e. The van der Waals surface area contributed by atoms with E-state index in [1.807, 2.05) is 37.0 Å². The highest BCUT2D eigenvalue weighted by molar-refractivity contribution is 5.95. The van der Waals surface area contributed by atoms with Gasteiger partial charge in [0.05, 0.1) is 29.9 Å². The number of rotatable bonds is 7. The molecule has 0 bridgehead atoms. The van der Waals surface area contributed by atoms with Gasteiger partial charge >= 0.3 is 6.18 Å². The molecular formula is C32H34F3N9O2. The highest BCUT2D eigenvalue weighted by Gasteiger charge is 2.49. The number of carbonyl (C=O) groups is 1. The van der Waals surface area contributed by atoms with Gasteiger partial charge in [-0.2, -0.15) is 23.5 Å². The topological polar surface area (TPSA) is 129 Å². The maximum Gasteiger partial charge on any atom is 0.433 e. The van der Waals surface area contributed by atoms with Crippen LogP contribution < -0.4 is 4.74 Å². The third-order valence-electron chi connectivity index (χ3n) is 9.48. The zero-order chi connectivity index (χ0) is 32.3. The largest absolute Gasteiger partial charge is 0.474 e. The minimum atomic E-state index is -4.70. The number of piperidine rings is 1. The van der Waals surface area contributed by atoms with Crippen molar-refractivity contribution in [2.45, 2.75) is 69.8 Å². The third kappa shape index (κ3) is 5.57. The lowest BCUT2D eigenvalue weighted by Crippen LogP contribution is -2.58. The summed E-state index contributed by atoms with van der Waals surface area (Å²) in [5.41, 5.74) is 0.707. The van der Waals surface area contributed by atoms with Crippen LogP contribution in [-0.2, 0) is 11.7 Å². The fraction of sp³-hybridized carbons (Fsp3) is 0.500. The number of nitrogens with one attached hydrogen (secondary N) is 1. The molecule has 3 aliphatic rings. The minimum Gasteiger partial charge on any atom is -0.474 e. The van der Waals surface area contributed by atoms with Crippen LogP contribution in [0.2, 0.25) is 0 Å². The van der Waals surface area contributed by atoms with Crippen LogP contribution in [0.3, 0.4) is 0 Å². The minimum absolute atomic E-state index is 0.0494. The highest BCUT2D eigenvalue weighted by Crippen LogP contribution is 2.46. The van der Waals surface area contributed by atoms with E-state index in [4.69, 9.17) is 4.74 Å². The summed E-state index contributed by atoms with van der Waals surface area (Å²) in [6, 6.07) is 6.65. The van der Waals surface area contributed by atoms with E-state index in [1.54, 1.807) is 11.1 Å². The molecule has 3 fully saturated rings. The molecule has 2 saturated heterocycles. The third-order valence-corrected chi connectivity index (χ3v) is 9.48. The monoisotopic (exact) mass is 633 g/mol. The molecule has 0 spiro atoms. The molecule has 0 atom stereocenters. The Morgan fingerprint density at radius 2 is 1.93 bits per heavy atom. The number of alkyl halides is 3. The summed E-state index contributed by atoms with van der Waals surface area (Å²) in [5.74, 6) is -0.625. The molecule has 2 aliphatic heterocycles. The van der Waals surface area contributed by atoms with E-state index >= 15 is 0 Å². The van der Waals surface area contributed by atoms with Crippen molar-refractivity contribution in [1.82, 2.24) is 39.5 Å². The standard InChI is InChI=1S/C32H34F3N9O2/c1-30(2)17-43(18-30)29(45)20-11-25(32(33,34)35)41-26(12-20)46-23-4-9-42(10-5-23)22-13-31(14-22,6-7-36)44-16-21(15-40-44)27-24-3-8-37-28(24)39-19-38-27/h3,8,11-12,15-16,19,22-23H,4-6,9-10,13-14,17-18H2,1-2H3,(H,37,38,39)/t22-,31-. The molecule has 1 saturated carbocycles. The van der Waals surface area contributed by atoms with Gasteiger partial charge in [0.25, 0.3) is 5.91 Å². The molecule has 11 nitrogen and oxygen atoms in total. The molecule has 0 unspecified atom stereocenters. The number of nitriles is 1. The Hall–Kier alpha value is -4.51. The summed E-state index contributed by atoms with van der Waals surface area (Å²) >= 11 is 0. The van der Waals surface area contributed by atoms with Gasteiger partial charge in [0, 0.05) is 67.2 Å². The van der Waals surface area contributed by atoms with E-state index in [0.717, 1.165) is 41.2 Å².